The average molecular weight is 266 g/mol. The fourth-order valence-corrected chi connectivity index (χ4v) is 1.39. The molecular weight excluding hydrogens is 248 g/mol. The average Bonchev–Trinajstić information content (AvgIpc) is 2.83. The molecule has 0 aliphatic rings. The summed E-state index contributed by atoms with van der Waals surface area (Å²) in [7, 11) is 0. The second-order valence-electron chi connectivity index (χ2n) is 3.69. The molecule has 1 aromatic rings. The van der Waals surface area contributed by atoms with Gasteiger partial charge in [0.25, 0.3) is 0 Å². The monoisotopic (exact) mass is 266 g/mol. The summed E-state index contributed by atoms with van der Waals surface area (Å²) < 4.78 is 11.2. The third-order valence-electron chi connectivity index (χ3n) is 2.21. The third-order valence-corrected chi connectivity index (χ3v) is 2.21. The van der Waals surface area contributed by atoms with Crippen LogP contribution in [0.15, 0.2) is 18.6 Å². The van der Waals surface area contributed by atoms with Gasteiger partial charge in [0.1, 0.15) is 0 Å². The number of imidazole rings is 1. The molecule has 0 bridgehead atoms. The lowest BCUT2D eigenvalue weighted by Gasteiger charge is -1.99. The molecule has 0 aliphatic heterocycles. The Balaban J connectivity index is 2.44. The van der Waals surface area contributed by atoms with Gasteiger partial charge in [-0.1, -0.05) is 0 Å². The molecular formula is C13H18N2O4. The Hall–Kier alpha value is -2.11. The van der Waals surface area contributed by atoms with Gasteiger partial charge in [-0.15, -0.1) is 0 Å². The van der Waals surface area contributed by atoms with E-state index in [0.29, 0.717) is 26.1 Å². The molecule has 0 spiro atoms. The SMILES string of the molecule is CCOC(=O)/C=C/n1cnc(CCC(=O)OCC)c1. The molecule has 1 aromatic heterocycles. The highest BCUT2D eigenvalue weighted by atomic mass is 16.5. The van der Waals surface area contributed by atoms with E-state index in [1.807, 2.05) is 0 Å². The number of ether oxygens (including phenoxy) is 2. The Morgan fingerprint density at radius 1 is 1.32 bits per heavy atom. The van der Waals surface area contributed by atoms with Crippen LogP contribution in [0, 0.1) is 0 Å². The van der Waals surface area contributed by atoms with Gasteiger partial charge in [0.15, 0.2) is 0 Å². The van der Waals surface area contributed by atoms with Gasteiger partial charge in [0.05, 0.1) is 31.7 Å². The van der Waals surface area contributed by atoms with Crippen LogP contribution in [0.5, 0.6) is 0 Å². The zero-order chi connectivity index (χ0) is 14.1. The molecule has 1 rings (SSSR count). The van der Waals surface area contributed by atoms with E-state index in [4.69, 9.17) is 9.47 Å². The summed E-state index contributed by atoms with van der Waals surface area (Å²) in [5.74, 6) is -0.636. The number of hydrogen-bond acceptors (Lipinski definition) is 5. The first-order chi connectivity index (χ1) is 9.15. The molecule has 104 valence electrons. The number of esters is 2. The minimum atomic E-state index is -0.399. The molecule has 1 heterocycles. The van der Waals surface area contributed by atoms with Gasteiger partial charge in [0.2, 0.25) is 0 Å². The van der Waals surface area contributed by atoms with Gasteiger partial charge < -0.3 is 14.0 Å². The number of nitrogens with zero attached hydrogens (tertiary/aromatic N) is 2. The van der Waals surface area contributed by atoms with Crippen molar-refractivity contribution in [1.29, 1.82) is 0 Å². The third kappa shape index (κ3) is 5.85. The van der Waals surface area contributed by atoms with Crippen LogP contribution in [0.2, 0.25) is 0 Å². The van der Waals surface area contributed by atoms with Gasteiger partial charge in [-0.05, 0) is 13.8 Å². The van der Waals surface area contributed by atoms with Crippen molar-refractivity contribution in [2.24, 2.45) is 0 Å². The normalized spacial score (nSPS) is 10.6. The number of aromatic nitrogens is 2. The van der Waals surface area contributed by atoms with Crippen LogP contribution >= 0.6 is 0 Å². The van der Waals surface area contributed by atoms with Gasteiger partial charge in [-0.3, -0.25) is 4.79 Å². The predicted octanol–water partition coefficient (Wildman–Crippen LogP) is 1.41. The van der Waals surface area contributed by atoms with E-state index in [2.05, 4.69) is 4.98 Å². The molecule has 6 nitrogen and oxygen atoms in total. The topological polar surface area (TPSA) is 70.4 Å². The second-order valence-corrected chi connectivity index (χ2v) is 3.69. The van der Waals surface area contributed by atoms with E-state index in [1.54, 1.807) is 37.1 Å². The summed E-state index contributed by atoms with van der Waals surface area (Å²) in [4.78, 5) is 26.4. The zero-order valence-electron chi connectivity index (χ0n) is 11.2. The zero-order valence-corrected chi connectivity index (χ0v) is 11.2. The van der Waals surface area contributed by atoms with Crippen molar-refractivity contribution in [3.8, 4) is 0 Å². The predicted molar refractivity (Wildman–Crippen MR) is 69.1 cm³/mol. The van der Waals surface area contributed by atoms with Crippen molar-refractivity contribution in [3.05, 3.63) is 24.3 Å². The van der Waals surface area contributed by atoms with E-state index < -0.39 is 5.97 Å². The molecule has 0 amide bonds. The first-order valence-electron chi connectivity index (χ1n) is 6.18. The highest BCUT2D eigenvalue weighted by Gasteiger charge is 2.04. The Bertz CT molecular complexity index is 451. The summed E-state index contributed by atoms with van der Waals surface area (Å²) in [6.45, 7) is 4.25. The van der Waals surface area contributed by atoms with Crippen molar-refractivity contribution >= 4 is 18.1 Å². The van der Waals surface area contributed by atoms with Crippen molar-refractivity contribution in [1.82, 2.24) is 9.55 Å². The van der Waals surface area contributed by atoms with Gasteiger partial charge in [-0.25, -0.2) is 9.78 Å². The minimum absolute atomic E-state index is 0.237. The van der Waals surface area contributed by atoms with Crippen LogP contribution in [-0.4, -0.2) is 34.7 Å². The lowest BCUT2D eigenvalue weighted by atomic mass is 10.2. The van der Waals surface area contributed by atoms with Crippen molar-refractivity contribution in [3.63, 3.8) is 0 Å². The Morgan fingerprint density at radius 2 is 2.05 bits per heavy atom. The van der Waals surface area contributed by atoms with E-state index in [1.165, 1.54) is 6.08 Å². The van der Waals surface area contributed by atoms with Crippen molar-refractivity contribution in [2.75, 3.05) is 13.2 Å². The first-order valence-corrected chi connectivity index (χ1v) is 6.18. The van der Waals surface area contributed by atoms with E-state index >= 15 is 0 Å². The van der Waals surface area contributed by atoms with Gasteiger partial charge in [0, 0.05) is 24.9 Å². The van der Waals surface area contributed by atoms with E-state index in [-0.39, 0.29) is 5.97 Å². The largest absolute Gasteiger partial charge is 0.466 e. The summed E-state index contributed by atoms with van der Waals surface area (Å²) in [5.41, 5.74) is 0.765. The van der Waals surface area contributed by atoms with Crippen LogP contribution in [0.25, 0.3) is 6.20 Å². The molecule has 0 saturated carbocycles. The van der Waals surface area contributed by atoms with E-state index in [9.17, 15) is 9.59 Å². The lowest BCUT2D eigenvalue weighted by Crippen LogP contribution is -2.05. The highest BCUT2D eigenvalue weighted by Crippen LogP contribution is 2.02. The van der Waals surface area contributed by atoms with E-state index in [0.717, 1.165) is 5.69 Å². The Kier molecular flexibility index (Phi) is 6.35. The fraction of sp³-hybridized carbons (Fsp3) is 0.462. The standard InChI is InChI=1S/C13H18N2O4/c1-3-18-12(16)6-5-11-9-15(10-14-11)8-7-13(17)19-4-2/h7-10H,3-6H2,1-2H3/b8-7+. The highest BCUT2D eigenvalue weighted by molar-refractivity contribution is 5.84. The summed E-state index contributed by atoms with van der Waals surface area (Å²) in [6, 6.07) is 0. The smallest absolute Gasteiger partial charge is 0.332 e. The quantitative estimate of drug-likeness (QED) is 0.551. The maximum absolute atomic E-state index is 11.2. The molecule has 0 N–H and O–H groups in total. The van der Waals surface area contributed by atoms with Crippen LogP contribution < -0.4 is 0 Å². The molecule has 19 heavy (non-hydrogen) atoms. The van der Waals surface area contributed by atoms with Crippen LogP contribution in [0.4, 0.5) is 0 Å². The summed E-state index contributed by atoms with van der Waals surface area (Å²) >= 11 is 0. The number of aryl methyl sites for hydroxylation is 1. The maximum Gasteiger partial charge on any atom is 0.332 e. The molecule has 6 heteroatoms. The molecule has 0 aliphatic carbocycles. The lowest BCUT2D eigenvalue weighted by molar-refractivity contribution is -0.143. The fourth-order valence-electron chi connectivity index (χ4n) is 1.39. The molecule has 0 fully saturated rings. The van der Waals surface area contributed by atoms with Crippen molar-refractivity contribution in [2.45, 2.75) is 26.7 Å². The van der Waals surface area contributed by atoms with Gasteiger partial charge >= 0.3 is 11.9 Å². The minimum Gasteiger partial charge on any atom is -0.466 e. The number of rotatable bonds is 7. The summed E-state index contributed by atoms with van der Waals surface area (Å²) in [6.07, 6.45) is 7.00. The molecule has 0 saturated heterocycles. The molecule has 0 radical (unpaired) electrons. The molecule has 0 unspecified atom stereocenters. The maximum atomic E-state index is 11.2. The second kappa shape index (κ2) is 8.07. The van der Waals surface area contributed by atoms with Crippen molar-refractivity contribution < 1.29 is 19.1 Å². The van der Waals surface area contributed by atoms with Crippen LogP contribution in [0.3, 0.4) is 0 Å². The van der Waals surface area contributed by atoms with Crippen LogP contribution in [0.1, 0.15) is 26.0 Å². The molecule has 0 atom stereocenters. The Morgan fingerprint density at radius 3 is 2.74 bits per heavy atom. The Labute approximate surface area is 112 Å². The molecule has 0 aromatic carbocycles. The summed E-state index contributed by atoms with van der Waals surface area (Å²) in [5, 5.41) is 0. The van der Waals surface area contributed by atoms with Crippen LogP contribution in [-0.2, 0) is 25.5 Å². The first kappa shape index (κ1) is 14.9. The number of carbonyl (C=O) groups is 2. The number of carbonyl (C=O) groups excluding carboxylic acids is 2. The number of hydrogen-bond donors (Lipinski definition) is 0. The van der Waals surface area contributed by atoms with Gasteiger partial charge in [-0.2, -0.15) is 0 Å².